The van der Waals surface area contributed by atoms with E-state index in [1.54, 1.807) is 0 Å². The first-order chi connectivity index (χ1) is 8.50. The topological polar surface area (TPSA) is 12.0 Å². The van der Waals surface area contributed by atoms with Crippen molar-refractivity contribution in [1.29, 1.82) is 0 Å². The van der Waals surface area contributed by atoms with Crippen molar-refractivity contribution in [1.82, 2.24) is 5.32 Å². The molecule has 1 aliphatic carbocycles. The maximum atomic E-state index is 4.11. The van der Waals surface area contributed by atoms with Crippen LogP contribution in [-0.2, 0) is 4.32 Å². The molecule has 1 fully saturated rings. The van der Waals surface area contributed by atoms with E-state index in [0.29, 0.717) is 12.1 Å². The van der Waals surface area contributed by atoms with E-state index in [9.17, 15) is 0 Å². The SMILES string of the molecule is C=CC[C@@H]1N[C@H]2CC(C)(C)[C@]1(Br)c1ccccc12. The summed E-state index contributed by atoms with van der Waals surface area (Å²) in [6.45, 7) is 8.67. The molecule has 1 saturated heterocycles. The molecule has 0 aromatic heterocycles. The lowest BCUT2D eigenvalue weighted by atomic mass is 9.58. The maximum Gasteiger partial charge on any atom is 0.0716 e. The van der Waals surface area contributed by atoms with Crippen LogP contribution in [0, 0.1) is 5.41 Å². The summed E-state index contributed by atoms with van der Waals surface area (Å²) in [5.41, 5.74) is 3.19. The van der Waals surface area contributed by atoms with Crippen LogP contribution in [0.15, 0.2) is 36.9 Å². The van der Waals surface area contributed by atoms with Gasteiger partial charge in [0.2, 0.25) is 0 Å². The molecule has 1 N–H and O–H groups in total. The first-order valence-corrected chi connectivity index (χ1v) is 7.45. The molecule has 2 heterocycles. The zero-order valence-corrected chi connectivity index (χ0v) is 12.6. The predicted octanol–water partition coefficient (Wildman–Crippen LogP) is 4.30. The van der Waals surface area contributed by atoms with Gasteiger partial charge in [0.05, 0.1) is 4.32 Å². The van der Waals surface area contributed by atoms with Gasteiger partial charge in [0.15, 0.2) is 0 Å². The molecule has 96 valence electrons. The number of benzene rings is 1. The molecular weight excluding hydrogens is 286 g/mol. The highest BCUT2D eigenvalue weighted by atomic mass is 79.9. The van der Waals surface area contributed by atoms with Crippen LogP contribution in [0.5, 0.6) is 0 Å². The quantitative estimate of drug-likeness (QED) is 0.634. The molecule has 2 aliphatic heterocycles. The second-order valence-electron chi connectivity index (χ2n) is 6.18. The second kappa shape index (κ2) is 3.94. The summed E-state index contributed by atoms with van der Waals surface area (Å²) in [6, 6.07) is 9.77. The third-order valence-electron chi connectivity index (χ3n) is 4.71. The highest BCUT2D eigenvalue weighted by Crippen LogP contribution is 2.62. The lowest BCUT2D eigenvalue weighted by molar-refractivity contribution is 0.0849. The van der Waals surface area contributed by atoms with Crippen molar-refractivity contribution in [3.63, 3.8) is 0 Å². The summed E-state index contributed by atoms with van der Waals surface area (Å²) in [4.78, 5) is 0. The van der Waals surface area contributed by atoms with Crippen molar-refractivity contribution in [3.8, 4) is 0 Å². The number of alkyl halides is 1. The Labute approximate surface area is 118 Å². The van der Waals surface area contributed by atoms with Crippen LogP contribution in [0.4, 0.5) is 0 Å². The van der Waals surface area contributed by atoms with Crippen LogP contribution in [0.2, 0.25) is 0 Å². The van der Waals surface area contributed by atoms with E-state index in [0.717, 1.165) is 6.42 Å². The Balaban J connectivity index is 2.20. The Hall–Kier alpha value is -0.600. The number of piperidine rings is 1. The molecule has 3 atom stereocenters. The first-order valence-electron chi connectivity index (χ1n) is 6.66. The van der Waals surface area contributed by atoms with Gasteiger partial charge in [-0.3, -0.25) is 0 Å². The van der Waals surface area contributed by atoms with Crippen molar-refractivity contribution < 1.29 is 0 Å². The predicted molar refractivity (Wildman–Crippen MR) is 79.9 cm³/mol. The van der Waals surface area contributed by atoms with E-state index in [1.165, 1.54) is 17.5 Å². The monoisotopic (exact) mass is 305 g/mol. The molecule has 0 spiro atoms. The van der Waals surface area contributed by atoms with Gasteiger partial charge in [-0.2, -0.15) is 0 Å². The smallest absolute Gasteiger partial charge is 0.0716 e. The molecule has 0 unspecified atom stereocenters. The van der Waals surface area contributed by atoms with E-state index in [-0.39, 0.29) is 9.74 Å². The molecule has 1 aromatic carbocycles. The summed E-state index contributed by atoms with van der Waals surface area (Å²) in [5.74, 6) is 0. The fraction of sp³-hybridized carbons (Fsp3) is 0.500. The Kier molecular flexibility index (Phi) is 2.73. The molecule has 1 nitrogen and oxygen atoms in total. The van der Waals surface area contributed by atoms with Crippen LogP contribution < -0.4 is 5.32 Å². The van der Waals surface area contributed by atoms with E-state index in [4.69, 9.17) is 0 Å². The summed E-state index contributed by atoms with van der Waals surface area (Å²) in [6.07, 6.45) is 4.21. The molecule has 4 rings (SSSR count). The normalized spacial score (nSPS) is 36.2. The van der Waals surface area contributed by atoms with E-state index >= 15 is 0 Å². The summed E-state index contributed by atoms with van der Waals surface area (Å²) in [5, 5.41) is 3.79. The maximum absolute atomic E-state index is 4.11. The van der Waals surface area contributed by atoms with Gasteiger partial charge in [-0.1, -0.05) is 60.1 Å². The second-order valence-corrected chi connectivity index (χ2v) is 7.43. The van der Waals surface area contributed by atoms with Crippen molar-refractivity contribution in [2.24, 2.45) is 5.41 Å². The molecule has 3 aliphatic rings. The average molecular weight is 306 g/mol. The fourth-order valence-electron chi connectivity index (χ4n) is 3.83. The van der Waals surface area contributed by atoms with E-state index in [1.807, 2.05) is 6.08 Å². The van der Waals surface area contributed by atoms with Gasteiger partial charge in [0.1, 0.15) is 0 Å². The first kappa shape index (κ1) is 12.4. The zero-order chi connectivity index (χ0) is 13.0. The van der Waals surface area contributed by atoms with Gasteiger partial charge in [-0.25, -0.2) is 0 Å². The van der Waals surface area contributed by atoms with E-state index < -0.39 is 0 Å². The summed E-state index contributed by atoms with van der Waals surface area (Å²) < 4.78 is 0.0134. The van der Waals surface area contributed by atoms with Gasteiger partial charge in [0.25, 0.3) is 0 Å². The molecule has 1 aromatic rings. The van der Waals surface area contributed by atoms with Gasteiger partial charge < -0.3 is 5.32 Å². The molecule has 2 bridgehead atoms. The Morgan fingerprint density at radius 2 is 2.17 bits per heavy atom. The zero-order valence-electron chi connectivity index (χ0n) is 11.0. The van der Waals surface area contributed by atoms with Crippen molar-refractivity contribution in [3.05, 3.63) is 48.0 Å². The standard InChI is InChI=1S/C16H20BrN/c1-4-7-14-16(17)12-9-6-5-8-11(12)13(18-14)10-15(16,2)3/h4-6,8-9,13-14,18H,1,7,10H2,2-3H3/t13-,14-,16-/m0/s1. The van der Waals surface area contributed by atoms with Crippen LogP contribution in [0.1, 0.15) is 43.9 Å². The lowest BCUT2D eigenvalue weighted by Gasteiger charge is -2.59. The number of hydrogen-bond donors (Lipinski definition) is 1. The molecule has 18 heavy (non-hydrogen) atoms. The number of rotatable bonds is 2. The Morgan fingerprint density at radius 1 is 1.44 bits per heavy atom. The largest absolute Gasteiger partial charge is 0.305 e. The van der Waals surface area contributed by atoms with Crippen molar-refractivity contribution in [2.45, 2.75) is 43.1 Å². The lowest BCUT2D eigenvalue weighted by Crippen LogP contribution is -2.63. The van der Waals surface area contributed by atoms with Crippen LogP contribution >= 0.6 is 15.9 Å². The minimum atomic E-state index is 0.0134. The van der Waals surface area contributed by atoms with Crippen LogP contribution in [-0.4, -0.2) is 6.04 Å². The molecular formula is C16H20BrN. The van der Waals surface area contributed by atoms with Crippen molar-refractivity contribution >= 4 is 15.9 Å². The number of nitrogens with one attached hydrogen (secondary N) is 1. The minimum absolute atomic E-state index is 0.0134. The summed E-state index contributed by atoms with van der Waals surface area (Å²) in [7, 11) is 0. The number of fused-ring (bicyclic) bond motifs is 2. The highest BCUT2D eigenvalue weighted by molar-refractivity contribution is 9.09. The van der Waals surface area contributed by atoms with Gasteiger partial charge in [-0.05, 0) is 29.4 Å². The van der Waals surface area contributed by atoms with Crippen LogP contribution in [0.3, 0.4) is 0 Å². The Morgan fingerprint density at radius 3 is 2.89 bits per heavy atom. The third-order valence-corrected chi connectivity index (χ3v) is 6.77. The Bertz CT molecular complexity index is 494. The third kappa shape index (κ3) is 1.42. The minimum Gasteiger partial charge on any atom is -0.305 e. The van der Waals surface area contributed by atoms with Gasteiger partial charge in [0, 0.05) is 12.1 Å². The van der Waals surface area contributed by atoms with Crippen LogP contribution in [0.25, 0.3) is 0 Å². The fourth-order valence-corrected chi connectivity index (χ4v) is 4.67. The summed E-state index contributed by atoms with van der Waals surface area (Å²) >= 11 is 4.11. The number of halogens is 1. The highest BCUT2D eigenvalue weighted by Gasteiger charge is 2.58. The number of hydrogen-bond acceptors (Lipinski definition) is 1. The molecule has 0 radical (unpaired) electrons. The van der Waals surface area contributed by atoms with E-state index in [2.05, 4.69) is 65.9 Å². The van der Waals surface area contributed by atoms with Gasteiger partial charge >= 0.3 is 0 Å². The molecule has 0 saturated carbocycles. The molecule has 0 amide bonds. The van der Waals surface area contributed by atoms with Crippen molar-refractivity contribution in [2.75, 3.05) is 0 Å². The molecule has 2 heteroatoms. The average Bonchev–Trinajstić information content (AvgIpc) is 2.33. The van der Waals surface area contributed by atoms with Gasteiger partial charge in [-0.15, -0.1) is 6.58 Å².